The van der Waals surface area contributed by atoms with Crippen LogP contribution >= 0.6 is 0 Å². The maximum Gasteiger partial charge on any atom is 0.417 e. The van der Waals surface area contributed by atoms with Crippen LogP contribution in [0.15, 0.2) is 42.6 Å². The first-order valence-corrected chi connectivity index (χ1v) is 12.4. The number of benzene rings is 1. The number of halogens is 4. The van der Waals surface area contributed by atoms with Crippen LogP contribution in [-0.2, 0) is 20.8 Å². The number of carbonyl (C=O) groups excluding carboxylic acids is 1. The Morgan fingerprint density at radius 3 is 2.24 bits per heavy atom. The average Bonchev–Trinajstić information content (AvgIpc) is 2.78. The molecule has 1 amide bonds. The van der Waals surface area contributed by atoms with Crippen molar-refractivity contribution in [2.75, 3.05) is 36.0 Å². The van der Waals surface area contributed by atoms with Gasteiger partial charge in [0.1, 0.15) is 21.5 Å². The molecule has 0 radical (unpaired) electrons. The molecule has 0 N–H and O–H groups in total. The lowest BCUT2D eigenvalue weighted by Gasteiger charge is -2.43. The van der Waals surface area contributed by atoms with Crippen molar-refractivity contribution in [3.8, 4) is 0 Å². The fourth-order valence-electron chi connectivity index (χ4n) is 4.34. The molecule has 0 unspecified atom stereocenters. The third-order valence-electron chi connectivity index (χ3n) is 6.22. The lowest BCUT2D eigenvalue weighted by molar-refractivity contribution is -0.139. The Balaban J connectivity index is 1.57. The van der Waals surface area contributed by atoms with Crippen LogP contribution in [0.4, 0.5) is 23.4 Å². The molecule has 0 aliphatic carbocycles. The molecule has 1 atom stereocenters. The molecule has 0 saturated carbocycles. The summed E-state index contributed by atoms with van der Waals surface area (Å²) in [5.74, 6) is -0.691. The van der Waals surface area contributed by atoms with Gasteiger partial charge in [-0.2, -0.15) is 13.2 Å². The van der Waals surface area contributed by atoms with Crippen molar-refractivity contribution in [2.24, 2.45) is 5.92 Å². The van der Waals surface area contributed by atoms with Gasteiger partial charge in [0.05, 0.1) is 23.1 Å². The van der Waals surface area contributed by atoms with Crippen molar-refractivity contribution in [3.05, 3.63) is 59.5 Å². The van der Waals surface area contributed by atoms with E-state index in [0.29, 0.717) is 17.9 Å². The van der Waals surface area contributed by atoms with Gasteiger partial charge >= 0.3 is 6.18 Å². The summed E-state index contributed by atoms with van der Waals surface area (Å²) in [5.41, 5.74) is -0.160. The number of alkyl halides is 3. The number of rotatable bonds is 3. The van der Waals surface area contributed by atoms with Crippen LogP contribution in [0.25, 0.3) is 0 Å². The lowest BCUT2D eigenvalue weighted by atomic mass is 9.96. The smallest absolute Gasteiger partial charge is 0.352 e. The molecule has 178 valence electrons. The highest BCUT2D eigenvalue weighted by atomic mass is 32.2. The van der Waals surface area contributed by atoms with Gasteiger partial charge in [0.2, 0.25) is 5.91 Å². The van der Waals surface area contributed by atoms with Crippen molar-refractivity contribution < 1.29 is 30.8 Å². The van der Waals surface area contributed by atoms with Gasteiger partial charge in [-0.3, -0.25) is 4.79 Å². The summed E-state index contributed by atoms with van der Waals surface area (Å²) < 4.78 is 75.6. The molecule has 0 spiro atoms. The van der Waals surface area contributed by atoms with E-state index in [1.54, 1.807) is 21.9 Å². The summed E-state index contributed by atoms with van der Waals surface area (Å²) in [4.78, 5) is 20.7. The molecule has 2 aliphatic heterocycles. The van der Waals surface area contributed by atoms with Crippen LogP contribution in [0, 0.1) is 11.7 Å². The van der Waals surface area contributed by atoms with Gasteiger partial charge in [-0.15, -0.1) is 0 Å². The van der Waals surface area contributed by atoms with Gasteiger partial charge in [0.15, 0.2) is 0 Å². The summed E-state index contributed by atoms with van der Waals surface area (Å²) in [7, 11) is -3.12. The molecule has 1 aromatic heterocycles. The predicted molar refractivity (Wildman–Crippen MR) is 114 cm³/mol. The van der Waals surface area contributed by atoms with Crippen LogP contribution < -0.4 is 4.90 Å². The zero-order chi connectivity index (χ0) is 23.8. The van der Waals surface area contributed by atoms with Crippen LogP contribution in [0.1, 0.15) is 30.0 Å². The number of hydrogen-bond donors (Lipinski definition) is 0. The highest BCUT2D eigenvalue weighted by molar-refractivity contribution is 7.91. The van der Waals surface area contributed by atoms with E-state index in [9.17, 15) is 30.8 Å². The maximum atomic E-state index is 13.5. The second kappa shape index (κ2) is 8.92. The van der Waals surface area contributed by atoms with Gasteiger partial charge in [0, 0.05) is 31.7 Å². The molecule has 2 fully saturated rings. The molecule has 2 aliphatic rings. The normalized spacial score (nSPS) is 21.8. The molecule has 1 aromatic carbocycles. The molecule has 33 heavy (non-hydrogen) atoms. The number of pyridine rings is 1. The molecule has 3 heterocycles. The maximum absolute atomic E-state index is 13.5. The Morgan fingerprint density at radius 1 is 1.00 bits per heavy atom. The first kappa shape index (κ1) is 23.5. The third-order valence-corrected chi connectivity index (χ3v) is 7.94. The molecule has 11 heteroatoms. The minimum absolute atomic E-state index is 0.0277. The van der Waals surface area contributed by atoms with Gasteiger partial charge in [-0.25, -0.2) is 17.8 Å². The van der Waals surface area contributed by atoms with Crippen LogP contribution in [0.5, 0.6) is 0 Å². The van der Waals surface area contributed by atoms with Crippen molar-refractivity contribution >= 4 is 21.6 Å². The summed E-state index contributed by atoms with van der Waals surface area (Å²) >= 11 is 0. The highest BCUT2D eigenvalue weighted by Gasteiger charge is 2.38. The van der Waals surface area contributed by atoms with Crippen molar-refractivity contribution in [3.63, 3.8) is 0 Å². The van der Waals surface area contributed by atoms with Crippen molar-refractivity contribution in [1.29, 1.82) is 0 Å². The Labute approximate surface area is 189 Å². The molecule has 0 bridgehead atoms. The number of piperazine rings is 1. The number of anilines is 1. The van der Waals surface area contributed by atoms with Gasteiger partial charge in [-0.1, -0.05) is 12.1 Å². The molecule has 4 rings (SSSR count). The van der Waals surface area contributed by atoms with E-state index in [4.69, 9.17) is 0 Å². The molecule has 6 nitrogen and oxygen atoms in total. The zero-order valence-electron chi connectivity index (χ0n) is 17.6. The van der Waals surface area contributed by atoms with Crippen LogP contribution in [-0.4, -0.2) is 55.3 Å². The Morgan fingerprint density at radius 2 is 1.67 bits per heavy atom. The second-order valence-corrected chi connectivity index (χ2v) is 10.7. The fraction of sp³-hybridized carbons (Fsp3) is 0.455. The first-order chi connectivity index (χ1) is 15.5. The standard InChI is InChI=1S/C22H23F4N3O3S/c23-18-4-1-15(2-5-18)19-14-28(20-6-3-17(13-27-20)22(24,25)26)9-10-29(19)21(30)16-7-11-33(31,32)12-8-16/h1-6,13,16,19H,7-12,14H2/t19-/m0/s1. The topological polar surface area (TPSA) is 70.6 Å². The quantitative estimate of drug-likeness (QED) is 0.623. The number of amides is 1. The number of hydrogen-bond acceptors (Lipinski definition) is 5. The third kappa shape index (κ3) is 5.29. The molecular formula is C22H23F4N3O3S. The zero-order valence-corrected chi connectivity index (χ0v) is 18.4. The van der Waals surface area contributed by atoms with Gasteiger partial charge in [-0.05, 0) is 42.7 Å². The van der Waals surface area contributed by atoms with E-state index < -0.39 is 39.4 Å². The molecule has 2 aromatic rings. The molecule has 2 saturated heterocycles. The Hall–Kier alpha value is -2.69. The van der Waals surface area contributed by atoms with E-state index in [1.807, 2.05) is 0 Å². The van der Waals surface area contributed by atoms with Crippen LogP contribution in [0.3, 0.4) is 0 Å². The number of nitrogens with zero attached hydrogens (tertiary/aromatic N) is 3. The number of carbonyl (C=O) groups is 1. The summed E-state index contributed by atoms with van der Waals surface area (Å²) in [6.07, 6.45) is -3.18. The molecular weight excluding hydrogens is 462 g/mol. The monoisotopic (exact) mass is 485 g/mol. The predicted octanol–water partition coefficient (Wildman–Crippen LogP) is 3.45. The fourth-order valence-corrected chi connectivity index (χ4v) is 5.83. The van der Waals surface area contributed by atoms with Crippen molar-refractivity contribution in [2.45, 2.75) is 25.1 Å². The van der Waals surface area contributed by atoms with Gasteiger partial charge < -0.3 is 9.80 Å². The number of sulfone groups is 1. The lowest BCUT2D eigenvalue weighted by Crippen LogP contribution is -2.53. The summed E-state index contributed by atoms with van der Waals surface area (Å²) in [6.45, 7) is 0.903. The first-order valence-electron chi connectivity index (χ1n) is 10.6. The van der Waals surface area contributed by atoms with Gasteiger partial charge in [0.25, 0.3) is 0 Å². The van der Waals surface area contributed by atoms with E-state index in [1.165, 1.54) is 18.2 Å². The van der Waals surface area contributed by atoms with Crippen molar-refractivity contribution in [1.82, 2.24) is 9.88 Å². The summed E-state index contributed by atoms with van der Waals surface area (Å²) in [5, 5.41) is 0. The summed E-state index contributed by atoms with van der Waals surface area (Å²) in [6, 6.07) is 7.53. The Bertz CT molecular complexity index is 1090. The highest BCUT2D eigenvalue weighted by Crippen LogP contribution is 2.33. The Kier molecular flexibility index (Phi) is 6.35. The largest absolute Gasteiger partial charge is 0.417 e. The van der Waals surface area contributed by atoms with E-state index in [-0.39, 0.29) is 43.3 Å². The van der Waals surface area contributed by atoms with E-state index in [0.717, 1.165) is 12.3 Å². The van der Waals surface area contributed by atoms with E-state index >= 15 is 0 Å². The minimum Gasteiger partial charge on any atom is -0.352 e. The second-order valence-electron chi connectivity index (χ2n) is 8.37. The number of aromatic nitrogens is 1. The van der Waals surface area contributed by atoms with Crippen LogP contribution in [0.2, 0.25) is 0 Å². The minimum atomic E-state index is -4.49. The van der Waals surface area contributed by atoms with E-state index in [2.05, 4.69) is 4.98 Å². The SMILES string of the molecule is O=C(C1CCS(=O)(=O)CC1)N1CCN(c2ccc(C(F)(F)F)cn2)C[C@H]1c1ccc(F)cc1. The average molecular weight is 486 g/mol.